The Morgan fingerprint density at radius 2 is 2.12 bits per heavy atom. The molecular formula is C5H13NOS. The fourth-order valence-electron chi connectivity index (χ4n) is 0.400. The van der Waals surface area contributed by atoms with E-state index >= 15 is 0 Å². The Bertz CT molecular complexity index is 52.4. The summed E-state index contributed by atoms with van der Waals surface area (Å²) in [6.45, 7) is 3.82. The van der Waals surface area contributed by atoms with Crippen molar-refractivity contribution in [3.05, 3.63) is 0 Å². The molecule has 0 aromatic rings. The maximum Gasteiger partial charge on any atom is 0.164 e. The maximum atomic E-state index is 10.7. The highest BCUT2D eigenvalue weighted by atomic mass is 32.2. The van der Waals surface area contributed by atoms with Crippen molar-refractivity contribution in [3.8, 4) is 0 Å². The van der Waals surface area contributed by atoms with Crippen LogP contribution >= 0.6 is 0 Å². The van der Waals surface area contributed by atoms with Gasteiger partial charge in [-0.15, -0.1) is 0 Å². The molecule has 2 unspecified atom stereocenters. The molecular weight excluding hydrogens is 122 g/mol. The first kappa shape index (κ1) is 8.27. The molecule has 0 aromatic heterocycles. The van der Waals surface area contributed by atoms with Crippen LogP contribution < -0.4 is 5.73 Å². The lowest BCUT2D eigenvalue weighted by Gasteiger charge is -2.13. The minimum Gasteiger partial charge on any atom is -0.615 e. The van der Waals surface area contributed by atoms with Crippen molar-refractivity contribution >= 4 is 11.2 Å². The number of hydrogen-bond acceptors (Lipinski definition) is 2. The SMILES string of the molecule is CCC(N)[S+]([O-])CC. The summed E-state index contributed by atoms with van der Waals surface area (Å²) in [6.07, 6.45) is 0.806. The quantitative estimate of drug-likeness (QED) is 0.571. The molecule has 0 spiro atoms. The Morgan fingerprint density at radius 3 is 2.25 bits per heavy atom. The molecule has 2 nitrogen and oxygen atoms in total. The summed E-state index contributed by atoms with van der Waals surface area (Å²) in [5.74, 6) is 0.676. The predicted molar refractivity (Wildman–Crippen MR) is 36.9 cm³/mol. The Hall–Kier alpha value is 0.270. The van der Waals surface area contributed by atoms with E-state index in [4.69, 9.17) is 5.73 Å². The minimum absolute atomic E-state index is 0.111. The van der Waals surface area contributed by atoms with E-state index in [1.807, 2.05) is 13.8 Å². The Balaban J connectivity index is 3.29. The van der Waals surface area contributed by atoms with Crippen LogP contribution in [0, 0.1) is 0 Å². The lowest BCUT2D eigenvalue weighted by molar-refractivity contribution is 0.578. The molecule has 3 heteroatoms. The molecule has 0 saturated heterocycles. The van der Waals surface area contributed by atoms with Crippen molar-refractivity contribution in [2.24, 2.45) is 5.73 Å². The summed E-state index contributed by atoms with van der Waals surface area (Å²) in [6, 6.07) is 0. The van der Waals surface area contributed by atoms with Crippen molar-refractivity contribution in [1.82, 2.24) is 0 Å². The van der Waals surface area contributed by atoms with Crippen LogP contribution in [0.5, 0.6) is 0 Å². The van der Waals surface area contributed by atoms with Gasteiger partial charge in [-0.2, -0.15) is 0 Å². The second-order valence-electron chi connectivity index (χ2n) is 1.62. The van der Waals surface area contributed by atoms with Crippen LogP contribution in [0.4, 0.5) is 0 Å². The predicted octanol–water partition coefficient (Wildman–Crippen LogP) is 0.450. The number of nitrogens with two attached hydrogens (primary N) is 1. The van der Waals surface area contributed by atoms with Crippen molar-refractivity contribution in [3.63, 3.8) is 0 Å². The van der Waals surface area contributed by atoms with Crippen LogP contribution in [0.3, 0.4) is 0 Å². The van der Waals surface area contributed by atoms with Crippen molar-refractivity contribution in [2.45, 2.75) is 25.6 Å². The van der Waals surface area contributed by atoms with Crippen LogP contribution in [-0.4, -0.2) is 15.7 Å². The first-order chi connectivity index (χ1) is 3.72. The van der Waals surface area contributed by atoms with Crippen molar-refractivity contribution in [1.29, 1.82) is 0 Å². The summed E-state index contributed by atoms with van der Waals surface area (Å²) in [5.41, 5.74) is 5.43. The standard InChI is InChI=1S/C5H13NOS/c1-3-5(6)8(7)4-2/h5H,3-4,6H2,1-2H3. The summed E-state index contributed by atoms with van der Waals surface area (Å²) in [5, 5.41) is -0.111. The smallest absolute Gasteiger partial charge is 0.164 e. The van der Waals surface area contributed by atoms with Gasteiger partial charge in [-0.3, -0.25) is 5.73 Å². The molecule has 0 aromatic carbocycles. The lowest BCUT2D eigenvalue weighted by atomic mass is 10.5. The zero-order valence-electron chi connectivity index (χ0n) is 5.39. The lowest BCUT2D eigenvalue weighted by Crippen LogP contribution is -2.30. The molecule has 0 bridgehead atoms. The van der Waals surface area contributed by atoms with Gasteiger partial charge in [0.1, 0.15) is 5.75 Å². The van der Waals surface area contributed by atoms with Crippen LogP contribution in [-0.2, 0) is 11.2 Å². The fraction of sp³-hybridized carbons (Fsp3) is 1.00. The van der Waals surface area contributed by atoms with E-state index in [1.54, 1.807) is 0 Å². The highest BCUT2D eigenvalue weighted by Crippen LogP contribution is 1.98. The van der Waals surface area contributed by atoms with Gasteiger partial charge in [0, 0.05) is 6.42 Å². The molecule has 2 N–H and O–H groups in total. The van der Waals surface area contributed by atoms with E-state index in [-0.39, 0.29) is 5.37 Å². The summed E-state index contributed by atoms with van der Waals surface area (Å²) in [4.78, 5) is 0. The van der Waals surface area contributed by atoms with Gasteiger partial charge in [-0.1, -0.05) is 6.92 Å². The Labute approximate surface area is 53.6 Å². The average molecular weight is 135 g/mol. The first-order valence-corrected chi connectivity index (χ1v) is 4.23. The van der Waals surface area contributed by atoms with E-state index in [9.17, 15) is 4.55 Å². The van der Waals surface area contributed by atoms with Gasteiger partial charge in [0.05, 0.1) is 0 Å². The van der Waals surface area contributed by atoms with Crippen LogP contribution in [0.15, 0.2) is 0 Å². The van der Waals surface area contributed by atoms with Crippen molar-refractivity contribution < 1.29 is 4.55 Å². The number of rotatable bonds is 3. The second kappa shape index (κ2) is 4.18. The van der Waals surface area contributed by atoms with Gasteiger partial charge in [0.15, 0.2) is 5.37 Å². The van der Waals surface area contributed by atoms with Crippen molar-refractivity contribution in [2.75, 3.05) is 5.75 Å². The van der Waals surface area contributed by atoms with Gasteiger partial charge in [0.25, 0.3) is 0 Å². The Morgan fingerprint density at radius 1 is 1.62 bits per heavy atom. The molecule has 0 aliphatic carbocycles. The number of hydrogen-bond donors (Lipinski definition) is 1. The van der Waals surface area contributed by atoms with E-state index in [1.165, 1.54) is 0 Å². The van der Waals surface area contributed by atoms with Gasteiger partial charge in [-0.25, -0.2) is 0 Å². The molecule has 0 fully saturated rings. The molecule has 0 amide bonds. The molecule has 0 radical (unpaired) electrons. The topological polar surface area (TPSA) is 49.1 Å². The molecule has 8 heavy (non-hydrogen) atoms. The molecule has 2 atom stereocenters. The van der Waals surface area contributed by atoms with E-state index in [2.05, 4.69) is 0 Å². The van der Waals surface area contributed by atoms with Gasteiger partial charge in [-0.05, 0) is 18.1 Å². The fourth-order valence-corrected chi connectivity index (χ4v) is 1.20. The summed E-state index contributed by atoms with van der Waals surface area (Å²) >= 11 is -0.794. The normalized spacial score (nSPS) is 18.0. The average Bonchev–Trinajstić information content (AvgIpc) is 1.84. The second-order valence-corrected chi connectivity index (χ2v) is 3.56. The molecule has 0 aliphatic heterocycles. The summed E-state index contributed by atoms with van der Waals surface area (Å²) in [7, 11) is 0. The van der Waals surface area contributed by atoms with Crippen LogP contribution in [0.25, 0.3) is 0 Å². The molecule has 50 valence electrons. The Kier molecular flexibility index (Phi) is 4.32. The van der Waals surface area contributed by atoms with E-state index in [0.29, 0.717) is 5.75 Å². The molecule has 0 aliphatic rings. The molecule has 0 saturated carbocycles. The molecule has 0 heterocycles. The van der Waals surface area contributed by atoms with Crippen LogP contribution in [0.1, 0.15) is 20.3 Å². The van der Waals surface area contributed by atoms with Gasteiger partial charge >= 0.3 is 0 Å². The zero-order chi connectivity index (χ0) is 6.57. The first-order valence-electron chi connectivity index (χ1n) is 2.85. The largest absolute Gasteiger partial charge is 0.615 e. The third-order valence-corrected chi connectivity index (χ3v) is 2.60. The van der Waals surface area contributed by atoms with Gasteiger partial charge < -0.3 is 4.55 Å². The third kappa shape index (κ3) is 2.55. The third-order valence-electron chi connectivity index (χ3n) is 1.02. The highest BCUT2D eigenvalue weighted by Gasteiger charge is 2.10. The minimum atomic E-state index is -0.794. The van der Waals surface area contributed by atoms with Crippen LogP contribution in [0.2, 0.25) is 0 Å². The zero-order valence-corrected chi connectivity index (χ0v) is 6.20. The highest BCUT2D eigenvalue weighted by molar-refractivity contribution is 7.91. The molecule has 0 rings (SSSR count). The summed E-state index contributed by atoms with van der Waals surface area (Å²) < 4.78 is 10.7. The van der Waals surface area contributed by atoms with E-state index < -0.39 is 11.2 Å². The maximum absolute atomic E-state index is 10.7. The van der Waals surface area contributed by atoms with Gasteiger partial charge in [0.2, 0.25) is 0 Å². The van der Waals surface area contributed by atoms with E-state index in [0.717, 1.165) is 6.42 Å². The monoisotopic (exact) mass is 135 g/mol.